The van der Waals surface area contributed by atoms with Crippen LogP contribution >= 0.6 is 0 Å². The van der Waals surface area contributed by atoms with Crippen molar-refractivity contribution in [2.24, 2.45) is 0 Å². The highest BCUT2D eigenvalue weighted by atomic mass is 15.2. The molecule has 4 aliphatic rings. The number of para-hydroxylation sites is 2. The Morgan fingerprint density at radius 3 is 1.74 bits per heavy atom. The van der Waals surface area contributed by atoms with Crippen molar-refractivity contribution < 1.29 is 0 Å². The van der Waals surface area contributed by atoms with Gasteiger partial charge in [0.1, 0.15) is 0 Å². The van der Waals surface area contributed by atoms with E-state index >= 15 is 0 Å². The minimum Gasteiger partial charge on any atom is -0.311 e. The molecule has 4 aliphatic heterocycles. The Labute approximate surface area is 309 Å². The molecule has 0 saturated heterocycles. The van der Waals surface area contributed by atoms with E-state index in [4.69, 9.17) is 4.98 Å². The Kier molecular flexibility index (Phi) is 5.72. The van der Waals surface area contributed by atoms with Crippen LogP contribution in [0.15, 0.2) is 176 Å². The van der Waals surface area contributed by atoms with E-state index in [1.54, 1.807) is 0 Å². The van der Waals surface area contributed by atoms with Crippen molar-refractivity contribution in [3.63, 3.8) is 0 Å². The maximum absolute atomic E-state index is 4.86. The molecule has 0 spiro atoms. The summed E-state index contributed by atoms with van der Waals surface area (Å²) in [4.78, 5) is 9.99. The minimum atomic E-state index is -0.402. The Balaban J connectivity index is 1.27. The van der Waals surface area contributed by atoms with Crippen LogP contribution in [-0.4, -0.2) is 11.7 Å². The molecule has 53 heavy (non-hydrogen) atoms. The number of rotatable bonds is 3. The van der Waals surface area contributed by atoms with Crippen LogP contribution in [0.3, 0.4) is 0 Å². The average Bonchev–Trinajstić information content (AvgIpc) is 3.35. The van der Waals surface area contributed by atoms with E-state index in [9.17, 15) is 0 Å². The van der Waals surface area contributed by atoms with Crippen molar-refractivity contribution in [3.8, 4) is 33.5 Å². The second-order valence-corrected chi connectivity index (χ2v) is 14.8. The molecule has 0 aliphatic carbocycles. The molecule has 1 unspecified atom stereocenters. The quantitative estimate of drug-likeness (QED) is 0.174. The molecule has 12 rings (SSSR count). The fraction of sp³-hybridized carbons (Fsp3) is 0.0408. The number of pyridine rings is 1. The van der Waals surface area contributed by atoms with Crippen LogP contribution in [0, 0.1) is 0 Å². The molecule has 5 heterocycles. The van der Waals surface area contributed by atoms with E-state index < -0.39 is 5.41 Å². The van der Waals surface area contributed by atoms with Gasteiger partial charge in [0, 0.05) is 51.1 Å². The summed E-state index contributed by atoms with van der Waals surface area (Å²) in [6.45, 7) is 2.51. The second kappa shape index (κ2) is 10.5. The van der Waals surface area contributed by atoms with Crippen molar-refractivity contribution in [3.05, 3.63) is 193 Å². The smallest absolute Gasteiger partial charge is 0.253 e. The average molecular weight is 674 g/mol. The molecule has 7 aromatic carbocycles. The molecule has 0 saturated carbocycles. The number of anilines is 6. The minimum absolute atomic E-state index is 0.0566. The van der Waals surface area contributed by atoms with Gasteiger partial charge in [0.05, 0.1) is 17.1 Å². The number of fused-ring (bicyclic) bond motifs is 6. The summed E-state index contributed by atoms with van der Waals surface area (Å²) in [7, 11) is 0. The third kappa shape index (κ3) is 3.62. The summed E-state index contributed by atoms with van der Waals surface area (Å²) in [5.41, 5.74) is 22.3. The molecule has 3 nitrogen and oxygen atoms in total. The van der Waals surface area contributed by atoms with Crippen LogP contribution in [-0.2, 0) is 5.41 Å². The fourth-order valence-corrected chi connectivity index (χ4v) is 10.2. The molecule has 0 radical (unpaired) electrons. The molecule has 8 aromatic rings. The first kappa shape index (κ1) is 29.0. The molecule has 1 atom stereocenters. The number of aromatic nitrogens is 1. The van der Waals surface area contributed by atoms with Crippen molar-refractivity contribution >= 4 is 57.2 Å². The predicted octanol–water partition coefficient (Wildman–Crippen LogP) is 10.1. The van der Waals surface area contributed by atoms with Crippen LogP contribution < -0.4 is 26.2 Å². The summed E-state index contributed by atoms with van der Waals surface area (Å²) >= 11 is 0. The summed E-state index contributed by atoms with van der Waals surface area (Å²) in [6.07, 6.45) is 1.89. The molecular formula is C49H32BN3. The first-order valence-electron chi connectivity index (χ1n) is 18.5. The lowest BCUT2D eigenvalue weighted by atomic mass is 9.28. The van der Waals surface area contributed by atoms with Crippen molar-refractivity contribution in [2.45, 2.75) is 12.3 Å². The monoisotopic (exact) mass is 673 g/mol. The lowest BCUT2D eigenvalue weighted by Gasteiger charge is -2.51. The number of hydrogen-bond acceptors (Lipinski definition) is 3. The lowest BCUT2D eigenvalue weighted by molar-refractivity contribution is 0.698. The van der Waals surface area contributed by atoms with Gasteiger partial charge in [-0.1, -0.05) is 127 Å². The molecule has 0 bridgehead atoms. The van der Waals surface area contributed by atoms with Crippen LogP contribution in [0.5, 0.6) is 0 Å². The number of benzene rings is 7. The summed E-state index contributed by atoms with van der Waals surface area (Å²) < 4.78 is 0. The predicted molar refractivity (Wildman–Crippen MR) is 220 cm³/mol. The van der Waals surface area contributed by atoms with Crippen LogP contribution in [0.4, 0.5) is 34.1 Å². The van der Waals surface area contributed by atoms with Crippen molar-refractivity contribution in [1.29, 1.82) is 0 Å². The van der Waals surface area contributed by atoms with Gasteiger partial charge in [-0.25, -0.2) is 0 Å². The lowest BCUT2D eigenvalue weighted by Crippen LogP contribution is -2.67. The van der Waals surface area contributed by atoms with Crippen LogP contribution in [0.25, 0.3) is 33.5 Å². The summed E-state index contributed by atoms with van der Waals surface area (Å²) in [6, 6.07) is 62.9. The zero-order valence-corrected chi connectivity index (χ0v) is 29.2. The number of nitrogens with zero attached hydrogens (tertiary/aromatic N) is 3. The maximum Gasteiger partial charge on any atom is 0.253 e. The van der Waals surface area contributed by atoms with Gasteiger partial charge in [-0.05, 0) is 93.6 Å². The van der Waals surface area contributed by atoms with Crippen LogP contribution in [0.2, 0.25) is 0 Å². The highest BCUT2D eigenvalue weighted by molar-refractivity contribution is 7.01. The molecule has 1 aromatic heterocycles. The van der Waals surface area contributed by atoms with Gasteiger partial charge in [0.2, 0.25) is 0 Å². The Hall–Kier alpha value is -6.65. The zero-order chi connectivity index (χ0) is 34.8. The zero-order valence-electron chi connectivity index (χ0n) is 29.2. The highest BCUT2D eigenvalue weighted by Crippen LogP contribution is 2.56. The third-order valence-corrected chi connectivity index (χ3v) is 12.3. The first-order chi connectivity index (χ1) is 26.2. The molecule has 0 amide bonds. The second-order valence-electron chi connectivity index (χ2n) is 14.8. The Morgan fingerprint density at radius 1 is 0.415 bits per heavy atom. The standard InChI is InChI=1S/C49H32BN3/c1-49(31-15-3-2-4-16-31)37-21-13-25-42-45(37)50-46-38(49)29-28-35-33-18-6-5-17-32(33)34-19-7-9-23-40(34)53(48(35)46)44-27-14-26-43(47(44)50)52(42)41-24-10-8-20-36(41)39-22-11-12-30-51-39/h2-30H,1H3. The molecule has 4 heteroatoms. The fourth-order valence-electron chi connectivity index (χ4n) is 10.2. The van der Waals surface area contributed by atoms with Gasteiger partial charge >= 0.3 is 0 Å². The third-order valence-electron chi connectivity index (χ3n) is 12.3. The molecule has 0 fully saturated rings. The molecule has 246 valence electrons. The van der Waals surface area contributed by atoms with Gasteiger partial charge in [0.25, 0.3) is 6.71 Å². The summed E-state index contributed by atoms with van der Waals surface area (Å²) in [5.74, 6) is 0. The summed E-state index contributed by atoms with van der Waals surface area (Å²) in [5, 5.41) is 0. The SMILES string of the molecule is CC1(c2ccccc2)c2cccc3c2B2c4c(cccc4N4c5ccccc5-c5ccccc5-c5ccc1c2c54)N3c1ccccc1-c1ccccn1. The van der Waals surface area contributed by atoms with Crippen molar-refractivity contribution in [2.75, 3.05) is 9.80 Å². The topological polar surface area (TPSA) is 19.4 Å². The van der Waals surface area contributed by atoms with E-state index in [2.05, 4.69) is 181 Å². The van der Waals surface area contributed by atoms with E-state index in [0.717, 1.165) is 16.9 Å². The first-order valence-corrected chi connectivity index (χ1v) is 18.5. The Morgan fingerprint density at radius 2 is 0.981 bits per heavy atom. The maximum atomic E-state index is 4.86. The van der Waals surface area contributed by atoms with Crippen molar-refractivity contribution in [1.82, 2.24) is 4.98 Å². The Bertz CT molecular complexity index is 2830. The largest absolute Gasteiger partial charge is 0.311 e. The number of hydrogen-bond donors (Lipinski definition) is 0. The van der Waals surface area contributed by atoms with Gasteiger partial charge in [-0.15, -0.1) is 0 Å². The van der Waals surface area contributed by atoms with Gasteiger partial charge in [-0.3, -0.25) is 4.98 Å². The van der Waals surface area contributed by atoms with Gasteiger partial charge < -0.3 is 9.80 Å². The van der Waals surface area contributed by atoms with Gasteiger partial charge in [-0.2, -0.15) is 0 Å². The van der Waals surface area contributed by atoms with E-state index in [1.165, 1.54) is 83.8 Å². The molecule has 0 N–H and O–H groups in total. The van der Waals surface area contributed by atoms with Crippen LogP contribution in [0.1, 0.15) is 23.6 Å². The molecular weight excluding hydrogens is 641 g/mol. The van der Waals surface area contributed by atoms with E-state index in [1.807, 2.05) is 12.3 Å². The van der Waals surface area contributed by atoms with E-state index in [0.29, 0.717) is 0 Å². The van der Waals surface area contributed by atoms with Gasteiger partial charge in [0.15, 0.2) is 0 Å². The highest BCUT2D eigenvalue weighted by Gasteiger charge is 2.53. The van der Waals surface area contributed by atoms with E-state index in [-0.39, 0.29) is 6.71 Å². The normalized spacial score (nSPS) is 16.4.